The van der Waals surface area contributed by atoms with Gasteiger partial charge in [0.1, 0.15) is 0 Å². The second kappa shape index (κ2) is 7.95. The number of hydrogen-bond acceptors (Lipinski definition) is 6. The normalized spacial score (nSPS) is 14.2. The molecule has 0 atom stereocenters. The predicted molar refractivity (Wildman–Crippen MR) is 113 cm³/mol. The van der Waals surface area contributed by atoms with E-state index in [0.29, 0.717) is 24.8 Å². The van der Waals surface area contributed by atoms with Crippen LogP contribution in [-0.2, 0) is 0 Å². The zero-order valence-electron chi connectivity index (χ0n) is 17.0. The van der Waals surface area contributed by atoms with Gasteiger partial charge in [-0.1, -0.05) is 11.2 Å². The highest BCUT2D eigenvalue weighted by molar-refractivity contribution is 5.95. The summed E-state index contributed by atoms with van der Waals surface area (Å²) in [5.41, 5.74) is 3.84. The van der Waals surface area contributed by atoms with Crippen molar-refractivity contribution in [1.82, 2.24) is 15.0 Å². The Morgan fingerprint density at radius 2 is 1.76 bits per heavy atom. The summed E-state index contributed by atoms with van der Waals surface area (Å²) in [6.07, 6.45) is 0. The molecule has 2 aromatic carbocycles. The molecule has 1 fully saturated rings. The van der Waals surface area contributed by atoms with Crippen LogP contribution in [0.2, 0.25) is 0 Å². The van der Waals surface area contributed by atoms with Crippen LogP contribution in [0.5, 0.6) is 0 Å². The molecule has 3 aromatic rings. The standard InChI is InChI=1S/C22H25N5O2/c1-16-23-21(24-29-16)17-7-9-19(10-8-17)26-11-13-27(14-12-26)22(28)18-5-4-6-20(15-18)25(2)3/h4-10,15H,11-14H2,1-3H3. The first-order valence-corrected chi connectivity index (χ1v) is 9.73. The van der Waals surface area contributed by atoms with Crippen LogP contribution in [0.15, 0.2) is 53.1 Å². The summed E-state index contributed by atoms with van der Waals surface area (Å²) in [5, 5.41) is 3.96. The van der Waals surface area contributed by atoms with E-state index in [2.05, 4.69) is 27.2 Å². The van der Waals surface area contributed by atoms with Crippen molar-refractivity contribution in [3.05, 3.63) is 60.0 Å². The molecular weight excluding hydrogens is 366 g/mol. The first-order valence-electron chi connectivity index (χ1n) is 9.73. The van der Waals surface area contributed by atoms with Crippen molar-refractivity contribution in [2.24, 2.45) is 0 Å². The lowest BCUT2D eigenvalue weighted by molar-refractivity contribution is 0.0747. The Morgan fingerprint density at radius 1 is 1.03 bits per heavy atom. The second-order valence-electron chi connectivity index (χ2n) is 7.41. The summed E-state index contributed by atoms with van der Waals surface area (Å²) >= 11 is 0. The van der Waals surface area contributed by atoms with Crippen molar-refractivity contribution in [2.45, 2.75) is 6.92 Å². The molecule has 150 valence electrons. The summed E-state index contributed by atoms with van der Waals surface area (Å²) in [7, 11) is 3.96. The van der Waals surface area contributed by atoms with Crippen LogP contribution in [0.3, 0.4) is 0 Å². The molecular formula is C22H25N5O2. The van der Waals surface area contributed by atoms with Gasteiger partial charge < -0.3 is 19.2 Å². The largest absolute Gasteiger partial charge is 0.378 e. The molecule has 0 bridgehead atoms. The lowest BCUT2D eigenvalue weighted by Crippen LogP contribution is -2.48. The molecule has 7 heteroatoms. The number of aromatic nitrogens is 2. The number of benzene rings is 2. The van der Waals surface area contributed by atoms with Crippen LogP contribution in [0.1, 0.15) is 16.2 Å². The van der Waals surface area contributed by atoms with E-state index in [1.807, 2.05) is 60.3 Å². The minimum absolute atomic E-state index is 0.0937. The molecule has 7 nitrogen and oxygen atoms in total. The maximum atomic E-state index is 12.9. The quantitative estimate of drug-likeness (QED) is 0.681. The third-order valence-corrected chi connectivity index (χ3v) is 5.19. The minimum atomic E-state index is 0.0937. The van der Waals surface area contributed by atoms with Crippen LogP contribution in [-0.4, -0.2) is 61.2 Å². The summed E-state index contributed by atoms with van der Waals surface area (Å²) in [6.45, 7) is 4.80. The van der Waals surface area contributed by atoms with Crippen LogP contribution >= 0.6 is 0 Å². The van der Waals surface area contributed by atoms with Crippen LogP contribution in [0, 0.1) is 6.92 Å². The number of piperazine rings is 1. The van der Waals surface area contributed by atoms with Gasteiger partial charge in [-0.05, 0) is 42.5 Å². The van der Waals surface area contributed by atoms with Crippen molar-refractivity contribution in [3.8, 4) is 11.4 Å². The third-order valence-electron chi connectivity index (χ3n) is 5.19. The van der Waals surface area contributed by atoms with E-state index in [4.69, 9.17) is 4.52 Å². The Labute approximate surface area is 170 Å². The number of rotatable bonds is 4. The maximum absolute atomic E-state index is 12.9. The predicted octanol–water partition coefficient (Wildman–Crippen LogP) is 3.07. The van der Waals surface area contributed by atoms with E-state index in [-0.39, 0.29) is 5.91 Å². The summed E-state index contributed by atoms with van der Waals surface area (Å²) < 4.78 is 5.04. The lowest BCUT2D eigenvalue weighted by atomic mass is 10.1. The van der Waals surface area contributed by atoms with Gasteiger partial charge in [0.25, 0.3) is 5.91 Å². The van der Waals surface area contributed by atoms with Gasteiger partial charge in [0, 0.05) is 69.7 Å². The highest BCUT2D eigenvalue weighted by Crippen LogP contribution is 2.23. The number of amides is 1. The van der Waals surface area contributed by atoms with E-state index in [0.717, 1.165) is 35.6 Å². The number of aryl methyl sites for hydroxylation is 1. The topological polar surface area (TPSA) is 65.7 Å². The minimum Gasteiger partial charge on any atom is -0.378 e. The SMILES string of the molecule is Cc1nc(-c2ccc(N3CCN(C(=O)c4cccc(N(C)C)c4)CC3)cc2)no1. The van der Waals surface area contributed by atoms with Gasteiger partial charge in [-0.15, -0.1) is 0 Å². The Balaban J connectivity index is 1.39. The van der Waals surface area contributed by atoms with Crippen molar-refractivity contribution in [3.63, 3.8) is 0 Å². The number of carbonyl (C=O) groups is 1. The van der Waals surface area contributed by atoms with Gasteiger partial charge in [-0.2, -0.15) is 4.98 Å². The average Bonchev–Trinajstić information content (AvgIpc) is 3.20. The Hall–Kier alpha value is -3.35. The van der Waals surface area contributed by atoms with Crippen LogP contribution in [0.25, 0.3) is 11.4 Å². The Morgan fingerprint density at radius 3 is 2.38 bits per heavy atom. The molecule has 0 spiro atoms. The lowest BCUT2D eigenvalue weighted by Gasteiger charge is -2.36. The number of anilines is 2. The van der Waals surface area contributed by atoms with E-state index in [1.165, 1.54) is 0 Å². The zero-order chi connectivity index (χ0) is 20.4. The van der Waals surface area contributed by atoms with Crippen LogP contribution < -0.4 is 9.80 Å². The zero-order valence-corrected chi connectivity index (χ0v) is 17.0. The molecule has 1 saturated heterocycles. The van der Waals surface area contributed by atoms with Crippen molar-refractivity contribution in [1.29, 1.82) is 0 Å². The number of hydrogen-bond donors (Lipinski definition) is 0. The molecule has 1 aromatic heterocycles. The molecule has 1 aliphatic heterocycles. The fraction of sp³-hybridized carbons (Fsp3) is 0.318. The molecule has 1 aliphatic rings. The maximum Gasteiger partial charge on any atom is 0.254 e. The fourth-order valence-corrected chi connectivity index (χ4v) is 3.51. The van der Waals surface area contributed by atoms with E-state index in [1.54, 1.807) is 6.92 Å². The monoisotopic (exact) mass is 391 g/mol. The fourth-order valence-electron chi connectivity index (χ4n) is 3.51. The van der Waals surface area contributed by atoms with Crippen molar-refractivity contribution >= 4 is 17.3 Å². The Bertz CT molecular complexity index is 988. The van der Waals surface area contributed by atoms with E-state index >= 15 is 0 Å². The average molecular weight is 391 g/mol. The molecule has 1 amide bonds. The molecule has 0 radical (unpaired) electrons. The van der Waals surface area contributed by atoms with Crippen molar-refractivity contribution < 1.29 is 9.32 Å². The molecule has 0 saturated carbocycles. The van der Waals surface area contributed by atoms with Gasteiger partial charge in [0.2, 0.25) is 11.7 Å². The van der Waals surface area contributed by atoms with E-state index in [9.17, 15) is 4.79 Å². The molecule has 2 heterocycles. The van der Waals surface area contributed by atoms with Crippen LogP contribution in [0.4, 0.5) is 11.4 Å². The third kappa shape index (κ3) is 4.08. The van der Waals surface area contributed by atoms with Gasteiger partial charge in [-0.3, -0.25) is 4.79 Å². The smallest absolute Gasteiger partial charge is 0.254 e. The number of nitrogens with zero attached hydrogens (tertiary/aromatic N) is 5. The molecule has 0 unspecified atom stereocenters. The summed E-state index contributed by atoms with van der Waals surface area (Å²) in [4.78, 5) is 23.4. The Kier molecular flexibility index (Phi) is 5.20. The van der Waals surface area contributed by atoms with Crippen molar-refractivity contribution in [2.75, 3.05) is 50.1 Å². The summed E-state index contributed by atoms with van der Waals surface area (Å²) in [5.74, 6) is 1.25. The first kappa shape index (κ1) is 19.0. The second-order valence-corrected chi connectivity index (χ2v) is 7.41. The van der Waals surface area contributed by atoms with Gasteiger partial charge >= 0.3 is 0 Å². The summed E-state index contributed by atoms with van der Waals surface area (Å²) in [6, 6.07) is 15.9. The highest BCUT2D eigenvalue weighted by Gasteiger charge is 2.22. The molecule has 4 rings (SSSR count). The van der Waals surface area contributed by atoms with Gasteiger partial charge in [-0.25, -0.2) is 0 Å². The molecule has 0 aliphatic carbocycles. The highest BCUT2D eigenvalue weighted by atomic mass is 16.5. The van der Waals surface area contributed by atoms with E-state index < -0.39 is 0 Å². The van der Waals surface area contributed by atoms with Gasteiger partial charge in [0.05, 0.1) is 0 Å². The first-order chi connectivity index (χ1) is 14.0. The molecule has 0 N–H and O–H groups in total. The van der Waals surface area contributed by atoms with Gasteiger partial charge in [0.15, 0.2) is 0 Å². The number of carbonyl (C=O) groups excluding carboxylic acids is 1. The molecule has 29 heavy (non-hydrogen) atoms.